The second-order valence-corrected chi connectivity index (χ2v) is 6.50. The SMILES string of the molecule is CC1CC(C(=O)Nc2ccccc2I)(C(N)=S)C1. The van der Waals surface area contributed by atoms with Crippen LogP contribution in [0.3, 0.4) is 0 Å². The first-order valence-electron chi connectivity index (χ1n) is 5.81. The molecular formula is C13H15IN2OS. The van der Waals surface area contributed by atoms with E-state index >= 15 is 0 Å². The summed E-state index contributed by atoms with van der Waals surface area (Å²) in [6.45, 7) is 2.11. The van der Waals surface area contributed by atoms with Gasteiger partial charge in [0, 0.05) is 3.57 Å². The zero-order valence-electron chi connectivity index (χ0n) is 10.1. The van der Waals surface area contributed by atoms with Crippen LogP contribution >= 0.6 is 34.8 Å². The first-order valence-corrected chi connectivity index (χ1v) is 7.30. The number of carbonyl (C=O) groups excluding carboxylic acids is 1. The third-order valence-corrected chi connectivity index (χ3v) is 4.75. The van der Waals surface area contributed by atoms with Crippen molar-refractivity contribution in [2.45, 2.75) is 19.8 Å². The van der Waals surface area contributed by atoms with Gasteiger partial charge >= 0.3 is 0 Å². The Balaban J connectivity index is 2.17. The lowest BCUT2D eigenvalue weighted by Crippen LogP contribution is -2.53. The van der Waals surface area contributed by atoms with Gasteiger partial charge in [-0.1, -0.05) is 31.3 Å². The highest BCUT2D eigenvalue weighted by Gasteiger charge is 2.50. The van der Waals surface area contributed by atoms with E-state index in [-0.39, 0.29) is 5.91 Å². The summed E-state index contributed by atoms with van der Waals surface area (Å²) < 4.78 is 1.01. The number of hydrogen-bond donors (Lipinski definition) is 2. The zero-order chi connectivity index (χ0) is 13.3. The number of carbonyl (C=O) groups is 1. The van der Waals surface area contributed by atoms with Crippen LogP contribution in [0.1, 0.15) is 19.8 Å². The lowest BCUT2D eigenvalue weighted by molar-refractivity contribution is -0.127. The smallest absolute Gasteiger partial charge is 0.237 e. The van der Waals surface area contributed by atoms with Gasteiger partial charge in [0.05, 0.1) is 16.1 Å². The van der Waals surface area contributed by atoms with E-state index in [2.05, 4.69) is 34.8 Å². The molecule has 96 valence electrons. The van der Waals surface area contributed by atoms with Crippen molar-refractivity contribution in [3.05, 3.63) is 27.8 Å². The minimum atomic E-state index is -0.645. The summed E-state index contributed by atoms with van der Waals surface area (Å²) in [7, 11) is 0. The molecule has 1 aliphatic carbocycles. The lowest BCUT2D eigenvalue weighted by Gasteiger charge is -2.44. The van der Waals surface area contributed by atoms with Gasteiger partial charge in [-0.05, 0) is 53.5 Å². The molecule has 1 fully saturated rings. The summed E-state index contributed by atoms with van der Waals surface area (Å²) in [6.07, 6.45) is 1.50. The fourth-order valence-corrected chi connectivity index (χ4v) is 3.21. The summed E-state index contributed by atoms with van der Waals surface area (Å²) in [4.78, 5) is 12.7. The largest absolute Gasteiger partial charge is 0.392 e. The number of nitrogens with two attached hydrogens (primary N) is 1. The van der Waals surface area contributed by atoms with E-state index in [0.29, 0.717) is 10.9 Å². The maximum atomic E-state index is 12.4. The molecule has 0 bridgehead atoms. The molecule has 1 saturated carbocycles. The first kappa shape index (κ1) is 13.7. The molecule has 0 aromatic heterocycles. The molecule has 0 unspecified atom stereocenters. The van der Waals surface area contributed by atoms with Crippen molar-refractivity contribution in [2.75, 3.05) is 5.32 Å². The van der Waals surface area contributed by atoms with Crippen LogP contribution < -0.4 is 11.1 Å². The summed E-state index contributed by atoms with van der Waals surface area (Å²) in [6, 6.07) is 7.67. The minimum absolute atomic E-state index is 0.0720. The van der Waals surface area contributed by atoms with Gasteiger partial charge in [0.2, 0.25) is 5.91 Å². The molecule has 3 nitrogen and oxygen atoms in total. The van der Waals surface area contributed by atoms with E-state index < -0.39 is 5.41 Å². The Kier molecular flexibility index (Phi) is 3.91. The number of nitrogens with one attached hydrogen (secondary N) is 1. The van der Waals surface area contributed by atoms with Crippen molar-refractivity contribution in [3.63, 3.8) is 0 Å². The molecule has 2 rings (SSSR count). The van der Waals surface area contributed by atoms with E-state index in [1.165, 1.54) is 0 Å². The second kappa shape index (κ2) is 5.13. The Hall–Kier alpha value is -0.690. The third-order valence-electron chi connectivity index (χ3n) is 3.42. The van der Waals surface area contributed by atoms with Crippen LogP contribution in [0.5, 0.6) is 0 Å². The Morgan fingerprint density at radius 2 is 2.11 bits per heavy atom. The van der Waals surface area contributed by atoms with Crippen molar-refractivity contribution in [1.29, 1.82) is 0 Å². The Morgan fingerprint density at radius 1 is 1.50 bits per heavy atom. The number of hydrogen-bond acceptors (Lipinski definition) is 2. The van der Waals surface area contributed by atoms with Crippen LogP contribution in [0.25, 0.3) is 0 Å². The van der Waals surface area contributed by atoms with Gasteiger partial charge in [0.25, 0.3) is 0 Å². The van der Waals surface area contributed by atoms with Gasteiger partial charge in [-0.25, -0.2) is 0 Å². The number of benzene rings is 1. The van der Waals surface area contributed by atoms with E-state index in [1.807, 2.05) is 24.3 Å². The topological polar surface area (TPSA) is 55.1 Å². The van der Waals surface area contributed by atoms with Gasteiger partial charge in [-0.3, -0.25) is 4.79 Å². The molecule has 5 heteroatoms. The molecule has 0 radical (unpaired) electrons. The maximum absolute atomic E-state index is 12.4. The highest BCUT2D eigenvalue weighted by molar-refractivity contribution is 14.1. The summed E-state index contributed by atoms with van der Waals surface area (Å²) in [5.41, 5.74) is 5.93. The molecular weight excluding hydrogens is 359 g/mol. The molecule has 0 heterocycles. The van der Waals surface area contributed by atoms with Crippen LogP contribution in [-0.4, -0.2) is 10.9 Å². The van der Waals surface area contributed by atoms with Crippen molar-refractivity contribution in [1.82, 2.24) is 0 Å². The van der Waals surface area contributed by atoms with Crippen molar-refractivity contribution in [2.24, 2.45) is 17.1 Å². The highest BCUT2D eigenvalue weighted by Crippen LogP contribution is 2.46. The minimum Gasteiger partial charge on any atom is -0.392 e. The van der Waals surface area contributed by atoms with Gasteiger partial charge in [0.1, 0.15) is 0 Å². The fraction of sp³-hybridized carbons (Fsp3) is 0.385. The second-order valence-electron chi connectivity index (χ2n) is 4.89. The monoisotopic (exact) mass is 374 g/mol. The third kappa shape index (κ3) is 2.38. The van der Waals surface area contributed by atoms with E-state index in [0.717, 1.165) is 22.1 Å². The van der Waals surface area contributed by atoms with Crippen LogP contribution in [0.4, 0.5) is 5.69 Å². The van der Waals surface area contributed by atoms with Crippen LogP contribution in [-0.2, 0) is 4.79 Å². The number of halogens is 1. The molecule has 18 heavy (non-hydrogen) atoms. The van der Waals surface area contributed by atoms with Crippen molar-refractivity contribution >= 4 is 51.4 Å². The van der Waals surface area contributed by atoms with Gasteiger partial charge in [-0.15, -0.1) is 0 Å². The summed E-state index contributed by atoms with van der Waals surface area (Å²) >= 11 is 7.27. The van der Waals surface area contributed by atoms with Crippen LogP contribution in [0.15, 0.2) is 24.3 Å². The maximum Gasteiger partial charge on any atom is 0.237 e. The van der Waals surface area contributed by atoms with Crippen LogP contribution in [0, 0.1) is 14.9 Å². The normalized spacial score (nSPS) is 26.2. The number of thiocarbonyl (C=S) groups is 1. The molecule has 0 spiro atoms. The molecule has 3 N–H and O–H groups in total. The number of rotatable bonds is 3. The predicted molar refractivity (Wildman–Crippen MR) is 85.4 cm³/mol. The highest BCUT2D eigenvalue weighted by atomic mass is 127. The van der Waals surface area contributed by atoms with Gasteiger partial charge in [0.15, 0.2) is 0 Å². The zero-order valence-corrected chi connectivity index (χ0v) is 13.0. The molecule has 1 amide bonds. The molecule has 1 aliphatic rings. The van der Waals surface area contributed by atoms with Crippen LogP contribution in [0.2, 0.25) is 0 Å². The Labute approximate surface area is 126 Å². The van der Waals surface area contributed by atoms with Gasteiger partial charge < -0.3 is 11.1 Å². The Bertz CT molecular complexity index is 498. The van der Waals surface area contributed by atoms with E-state index in [9.17, 15) is 4.79 Å². The van der Waals surface area contributed by atoms with Crippen molar-refractivity contribution in [3.8, 4) is 0 Å². The quantitative estimate of drug-likeness (QED) is 0.632. The molecule has 1 aromatic carbocycles. The predicted octanol–water partition coefficient (Wildman–Crippen LogP) is 2.93. The summed E-state index contributed by atoms with van der Waals surface area (Å²) in [5, 5.41) is 2.94. The number of anilines is 1. The molecule has 1 aromatic rings. The lowest BCUT2D eigenvalue weighted by atomic mass is 9.62. The average molecular weight is 374 g/mol. The first-order chi connectivity index (χ1) is 8.45. The number of amides is 1. The molecule has 0 aliphatic heterocycles. The standard InChI is InChI=1S/C13H15IN2OS/c1-8-6-13(7-8,11(15)18)12(17)16-10-5-3-2-4-9(10)14/h2-5,8H,6-7H2,1H3,(H2,15,18)(H,16,17). The average Bonchev–Trinajstić information content (AvgIpc) is 2.27. The van der Waals surface area contributed by atoms with Crippen molar-refractivity contribution < 1.29 is 4.79 Å². The summed E-state index contributed by atoms with van der Waals surface area (Å²) in [5.74, 6) is 0.435. The fourth-order valence-electron chi connectivity index (χ4n) is 2.43. The van der Waals surface area contributed by atoms with E-state index in [1.54, 1.807) is 0 Å². The number of para-hydroxylation sites is 1. The molecule has 0 saturated heterocycles. The Morgan fingerprint density at radius 3 is 2.61 bits per heavy atom. The van der Waals surface area contributed by atoms with E-state index in [4.69, 9.17) is 18.0 Å². The van der Waals surface area contributed by atoms with Gasteiger partial charge in [-0.2, -0.15) is 0 Å². The molecule has 0 atom stereocenters.